The van der Waals surface area contributed by atoms with Crippen molar-refractivity contribution in [2.24, 2.45) is 5.92 Å². The number of carbonyl (C=O) groups is 2. The normalized spacial score (nSPS) is 16.8. The van der Waals surface area contributed by atoms with Crippen LogP contribution in [0.4, 0.5) is 24.8 Å². The molecule has 0 spiro atoms. The molecule has 8 nitrogen and oxygen atoms in total. The average Bonchev–Trinajstić information content (AvgIpc) is 2.93. The molecule has 0 saturated carbocycles. The second-order valence-corrected chi connectivity index (χ2v) is 5.28. The molecule has 1 aromatic heterocycles. The molecule has 2 amide bonds. The Balaban J connectivity index is 1.61. The molecule has 132 valence electrons. The van der Waals surface area contributed by atoms with E-state index in [0.29, 0.717) is 5.95 Å². The maximum atomic E-state index is 12.2. The first-order valence-corrected chi connectivity index (χ1v) is 7.14. The minimum Gasteiger partial charge on any atom is -0.406 e. The van der Waals surface area contributed by atoms with Crippen LogP contribution in [0.2, 0.25) is 0 Å². The number of carbonyl (C=O) groups excluding carboxylic acids is 2. The lowest BCUT2D eigenvalue weighted by atomic mass is 10.0. The number of benzene rings is 1. The quantitative estimate of drug-likeness (QED) is 0.871. The largest absolute Gasteiger partial charge is 0.573 e. The van der Waals surface area contributed by atoms with Crippen molar-refractivity contribution >= 4 is 23.5 Å². The lowest BCUT2D eigenvalue weighted by Gasteiger charge is -2.21. The number of ether oxygens (including phenoxy) is 1. The van der Waals surface area contributed by atoms with Crippen molar-refractivity contribution in [1.82, 2.24) is 14.8 Å². The second-order valence-electron chi connectivity index (χ2n) is 5.28. The van der Waals surface area contributed by atoms with E-state index < -0.39 is 23.9 Å². The van der Waals surface area contributed by atoms with Crippen LogP contribution in [0.15, 0.2) is 30.6 Å². The van der Waals surface area contributed by atoms with Gasteiger partial charge in [-0.25, -0.2) is 4.68 Å². The van der Waals surface area contributed by atoms with Gasteiger partial charge in [0.1, 0.15) is 12.1 Å². The molecule has 2 N–H and O–H groups in total. The Labute approximate surface area is 139 Å². The highest BCUT2D eigenvalue weighted by atomic mass is 19.4. The highest BCUT2D eigenvalue weighted by Crippen LogP contribution is 2.25. The van der Waals surface area contributed by atoms with E-state index in [0.717, 1.165) is 12.1 Å². The van der Waals surface area contributed by atoms with Crippen LogP contribution in [0.25, 0.3) is 0 Å². The molecule has 11 heteroatoms. The van der Waals surface area contributed by atoms with Crippen LogP contribution in [0.3, 0.4) is 0 Å². The molecule has 3 rings (SSSR count). The number of nitrogens with one attached hydrogen (secondary N) is 2. The predicted octanol–water partition coefficient (Wildman–Crippen LogP) is 1.77. The third-order valence-electron chi connectivity index (χ3n) is 3.40. The molecule has 0 radical (unpaired) electrons. The van der Waals surface area contributed by atoms with Crippen molar-refractivity contribution in [3.8, 4) is 5.75 Å². The van der Waals surface area contributed by atoms with E-state index in [4.69, 9.17) is 0 Å². The minimum atomic E-state index is -4.82. The van der Waals surface area contributed by atoms with Gasteiger partial charge in [-0.1, -0.05) is 6.07 Å². The summed E-state index contributed by atoms with van der Waals surface area (Å²) in [5.41, 5.74) is 0.129. The Morgan fingerprint density at radius 3 is 3.00 bits per heavy atom. The fraction of sp³-hybridized carbons (Fsp3) is 0.286. The van der Waals surface area contributed by atoms with Crippen molar-refractivity contribution in [2.45, 2.75) is 19.3 Å². The Kier molecular flexibility index (Phi) is 4.30. The van der Waals surface area contributed by atoms with Gasteiger partial charge in [-0.2, -0.15) is 10.1 Å². The first-order chi connectivity index (χ1) is 11.8. The van der Waals surface area contributed by atoms with Crippen LogP contribution in [0.1, 0.15) is 6.42 Å². The number of nitrogens with zero attached hydrogens (tertiary/aromatic N) is 3. The SMILES string of the molecule is O=C(CC1Cn2ncnc2NC1=O)Nc1cccc(OC(F)(F)F)c1. The molecule has 0 bridgehead atoms. The second kappa shape index (κ2) is 6.42. The number of halogens is 3. The smallest absolute Gasteiger partial charge is 0.406 e. The average molecular weight is 355 g/mol. The molecular weight excluding hydrogens is 343 g/mol. The Morgan fingerprint density at radius 2 is 2.24 bits per heavy atom. The Morgan fingerprint density at radius 1 is 1.44 bits per heavy atom. The molecule has 2 aromatic rings. The first kappa shape index (κ1) is 16.7. The standard InChI is InChI=1S/C14H12F3N5O3/c15-14(16,17)25-10-3-1-2-9(5-10)20-11(23)4-8-6-22-13(18-7-19-22)21-12(8)24/h1-3,5,7-8H,4,6H2,(H,20,23)(H,18,19,21,24). The number of aromatic nitrogens is 3. The van der Waals surface area contributed by atoms with Gasteiger partial charge in [0, 0.05) is 18.2 Å². The Bertz CT molecular complexity index is 805. The molecule has 1 unspecified atom stereocenters. The van der Waals surface area contributed by atoms with Crippen LogP contribution in [-0.4, -0.2) is 32.9 Å². The summed E-state index contributed by atoms with van der Waals surface area (Å²) in [6.45, 7) is 0.186. The number of fused-ring (bicyclic) bond motifs is 1. The van der Waals surface area contributed by atoms with E-state index in [1.165, 1.54) is 23.1 Å². The van der Waals surface area contributed by atoms with Crippen molar-refractivity contribution in [2.75, 3.05) is 10.6 Å². The van der Waals surface area contributed by atoms with Crippen LogP contribution >= 0.6 is 0 Å². The summed E-state index contributed by atoms with van der Waals surface area (Å²) in [4.78, 5) is 27.9. The van der Waals surface area contributed by atoms with Gasteiger partial charge in [-0.3, -0.25) is 14.9 Å². The van der Waals surface area contributed by atoms with Gasteiger partial charge >= 0.3 is 6.36 Å². The molecule has 25 heavy (non-hydrogen) atoms. The Hall–Kier alpha value is -3.11. The third-order valence-corrected chi connectivity index (χ3v) is 3.40. The van der Waals surface area contributed by atoms with Gasteiger partial charge < -0.3 is 10.1 Å². The minimum absolute atomic E-state index is 0.129. The fourth-order valence-electron chi connectivity index (χ4n) is 2.36. The molecule has 1 aromatic carbocycles. The molecular formula is C14H12F3N5O3. The van der Waals surface area contributed by atoms with Crippen molar-refractivity contribution in [1.29, 1.82) is 0 Å². The molecule has 1 aliphatic heterocycles. The lowest BCUT2D eigenvalue weighted by Crippen LogP contribution is -2.36. The molecule has 0 saturated heterocycles. The summed E-state index contributed by atoms with van der Waals surface area (Å²) in [6, 6.07) is 4.88. The summed E-state index contributed by atoms with van der Waals surface area (Å²) in [6.07, 6.45) is -3.70. The lowest BCUT2D eigenvalue weighted by molar-refractivity contribution is -0.274. The maximum Gasteiger partial charge on any atom is 0.573 e. The zero-order chi connectivity index (χ0) is 18.0. The third kappa shape index (κ3) is 4.25. The van der Waals surface area contributed by atoms with Crippen LogP contribution in [-0.2, 0) is 16.1 Å². The molecule has 2 heterocycles. The van der Waals surface area contributed by atoms with Gasteiger partial charge in [0.05, 0.1) is 12.5 Å². The van der Waals surface area contributed by atoms with E-state index in [-0.39, 0.29) is 24.6 Å². The van der Waals surface area contributed by atoms with Crippen molar-refractivity contribution in [3.63, 3.8) is 0 Å². The van der Waals surface area contributed by atoms with Gasteiger partial charge in [0.15, 0.2) is 0 Å². The summed E-state index contributed by atoms with van der Waals surface area (Å²) in [7, 11) is 0. The van der Waals surface area contributed by atoms with Crippen molar-refractivity contribution < 1.29 is 27.5 Å². The molecule has 1 aliphatic rings. The summed E-state index contributed by atoms with van der Waals surface area (Å²) in [5, 5.41) is 8.88. The predicted molar refractivity (Wildman–Crippen MR) is 78.5 cm³/mol. The van der Waals surface area contributed by atoms with Gasteiger partial charge in [-0.15, -0.1) is 13.2 Å². The summed E-state index contributed by atoms with van der Waals surface area (Å²) >= 11 is 0. The van der Waals surface area contributed by atoms with E-state index in [9.17, 15) is 22.8 Å². The van der Waals surface area contributed by atoms with E-state index in [1.54, 1.807) is 0 Å². The van der Waals surface area contributed by atoms with Gasteiger partial charge in [0.2, 0.25) is 17.8 Å². The zero-order valence-electron chi connectivity index (χ0n) is 12.6. The molecule has 0 aliphatic carbocycles. The topological polar surface area (TPSA) is 98.1 Å². The van der Waals surface area contributed by atoms with Crippen LogP contribution in [0.5, 0.6) is 5.75 Å². The van der Waals surface area contributed by atoms with E-state index in [2.05, 4.69) is 25.5 Å². The number of rotatable bonds is 4. The maximum absolute atomic E-state index is 12.2. The highest BCUT2D eigenvalue weighted by molar-refractivity contribution is 5.98. The zero-order valence-corrected chi connectivity index (χ0v) is 12.6. The number of amides is 2. The fourth-order valence-corrected chi connectivity index (χ4v) is 2.36. The van der Waals surface area contributed by atoms with Gasteiger partial charge in [-0.05, 0) is 12.1 Å². The number of anilines is 2. The molecule has 1 atom stereocenters. The molecule has 0 fully saturated rings. The monoisotopic (exact) mass is 355 g/mol. The summed E-state index contributed by atoms with van der Waals surface area (Å²) < 4.78 is 41.9. The van der Waals surface area contributed by atoms with Crippen LogP contribution in [0, 0.1) is 5.92 Å². The first-order valence-electron chi connectivity index (χ1n) is 7.14. The van der Waals surface area contributed by atoms with Gasteiger partial charge in [0.25, 0.3) is 0 Å². The van der Waals surface area contributed by atoms with E-state index in [1.807, 2.05) is 0 Å². The number of hydrogen-bond donors (Lipinski definition) is 2. The van der Waals surface area contributed by atoms with Crippen LogP contribution < -0.4 is 15.4 Å². The van der Waals surface area contributed by atoms with E-state index >= 15 is 0 Å². The number of alkyl halides is 3. The number of hydrogen-bond acceptors (Lipinski definition) is 5. The van der Waals surface area contributed by atoms with Crippen molar-refractivity contribution in [3.05, 3.63) is 30.6 Å². The summed E-state index contributed by atoms with van der Waals surface area (Å²) in [5.74, 6) is -1.70. The highest BCUT2D eigenvalue weighted by Gasteiger charge is 2.31.